The summed E-state index contributed by atoms with van der Waals surface area (Å²) in [5, 5.41) is 11.1. The standard InChI is InChI=1S/C17H28N2O6/c1-10(17-5-3-11(8-17)4-6-17)25-9-13(16(23)24-2)19-15(22)12(18)7-14(20)21/h10-13H,3-9,18H2,1-2H3,(H,19,22)(H,20,21)/t10?,11?,12-,13-,17?/m0/s1. The number of hydrogen-bond acceptors (Lipinski definition) is 6. The third-order valence-corrected chi connectivity index (χ3v) is 5.70. The molecule has 142 valence electrons. The normalized spacial score (nSPS) is 28.2. The molecule has 4 N–H and O–H groups in total. The number of methoxy groups -OCH3 is 1. The van der Waals surface area contributed by atoms with Crippen LogP contribution in [-0.4, -0.2) is 54.9 Å². The fourth-order valence-corrected chi connectivity index (χ4v) is 4.10. The summed E-state index contributed by atoms with van der Waals surface area (Å²) in [5.74, 6) is -1.75. The van der Waals surface area contributed by atoms with Crippen molar-refractivity contribution in [2.75, 3.05) is 13.7 Å². The van der Waals surface area contributed by atoms with E-state index in [1.807, 2.05) is 6.92 Å². The number of carbonyl (C=O) groups excluding carboxylic acids is 2. The van der Waals surface area contributed by atoms with Crippen molar-refractivity contribution in [2.24, 2.45) is 17.1 Å². The molecule has 2 aliphatic carbocycles. The summed E-state index contributed by atoms with van der Waals surface area (Å²) in [6.07, 6.45) is 5.37. The maximum absolute atomic E-state index is 12.0. The first-order valence-electron chi connectivity index (χ1n) is 8.74. The van der Waals surface area contributed by atoms with Crippen LogP contribution in [0.2, 0.25) is 0 Å². The molecule has 0 saturated heterocycles. The highest BCUT2D eigenvalue weighted by Crippen LogP contribution is 2.56. The molecule has 0 heterocycles. The van der Waals surface area contributed by atoms with Crippen molar-refractivity contribution in [3.05, 3.63) is 0 Å². The molecule has 1 amide bonds. The van der Waals surface area contributed by atoms with E-state index in [0.717, 1.165) is 25.2 Å². The van der Waals surface area contributed by atoms with Crippen molar-refractivity contribution in [3.8, 4) is 0 Å². The van der Waals surface area contributed by atoms with E-state index in [1.54, 1.807) is 0 Å². The van der Waals surface area contributed by atoms with Crippen LogP contribution in [0, 0.1) is 11.3 Å². The van der Waals surface area contributed by atoms with E-state index >= 15 is 0 Å². The van der Waals surface area contributed by atoms with Crippen LogP contribution in [0.25, 0.3) is 0 Å². The molecule has 0 radical (unpaired) electrons. The van der Waals surface area contributed by atoms with E-state index in [0.29, 0.717) is 0 Å². The van der Waals surface area contributed by atoms with Crippen molar-refractivity contribution in [1.82, 2.24) is 5.32 Å². The molecule has 2 bridgehead atoms. The maximum Gasteiger partial charge on any atom is 0.330 e. The smallest absolute Gasteiger partial charge is 0.330 e. The summed E-state index contributed by atoms with van der Waals surface area (Å²) in [4.78, 5) is 34.5. The molecule has 2 fully saturated rings. The van der Waals surface area contributed by atoms with Crippen molar-refractivity contribution in [2.45, 2.75) is 63.6 Å². The molecular weight excluding hydrogens is 328 g/mol. The van der Waals surface area contributed by atoms with Crippen LogP contribution in [0.5, 0.6) is 0 Å². The number of esters is 1. The Morgan fingerprint density at radius 2 is 1.96 bits per heavy atom. The van der Waals surface area contributed by atoms with Gasteiger partial charge < -0.3 is 25.6 Å². The average molecular weight is 356 g/mol. The number of ether oxygens (including phenoxy) is 2. The highest BCUT2D eigenvalue weighted by atomic mass is 16.5. The molecule has 1 unspecified atom stereocenters. The Bertz CT molecular complexity index is 515. The van der Waals surface area contributed by atoms with Gasteiger partial charge in [-0.15, -0.1) is 0 Å². The Balaban J connectivity index is 1.90. The Morgan fingerprint density at radius 1 is 1.32 bits per heavy atom. The van der Waals surface area contributed by atoms with Crippen LogP contribution in [0.15, 0.2) is 0 Å². The topological polar surface area (TPSA) is 128 Å². The van der Waals surface area contributed by atoms with E-state index in [2.05, 4.69) is 5.32 Å². The number of nitrogens with two attached hydrogens (primary N) is 1. The number of aliphatic carboxylic acids is 1. The first kappa shape index (κ1) is 19.7. The summed E-state index contributed by atoms with van der Waals surface area (Å²) >= 11 is 0. The predicted octanol–water partition coefficient (Wildman–Crippen LogP) is 0.432. The quantitative estimate of drug-likeness (QED) is 0.511. The number of fused-ring (bicyclic) bond motifs is 2. The lowest BCUT2D eigenvalue weighted by atomic mass is 9.79. The van der Waals surface area contributed by atoms with Crippen molar-refractivity contribution in [3.63, 3.8) is 0 Å². The van der Waals surface area contributed by atoms with Gasteiger partial charge in [0, 0.05) is 0 Å². The molecule has 0 aromatic rings. The SMILES string of the molecule is COC(=O)[C@H](COC(C)C12CCC(CC1)C2)NC(=O)[C@@H](N)CC(=O)O. The van der Waals surface area contributed by atoms with E-state index < -0.39 is 36.4 Å². The summed E-state index contributed by atoms with van der Waals surface area (Å²) < 4.78 is 10.6. The summed E-state index contributed by atoms with van der Waals surface area (Å²) in [6, 6.07) is -2.24. The van der Waals surface area contributed by atoms with Gasteiger partial charge in [0.2, 0.25) is 5.91 Å². The van der Waals surface area contributed by atoms with Gasteiger partial charge in [0.25, 0.3) is 0 Å². The number of carboxylic acids is 1. The third kappa shape index (κ3) is 4.70. The zero-order valence-corrected chi connectivity index (χ0v) is 14.8. The third-order valence-electron chi connectivity index (χ3n) is 5.70. The van der Waals surface area contributed by atoms with Gasteiger partial charge in [-0.05, 0) is 50.4 Å². The summed E-state index contributed by atoms with van der Waals surface area (Å²) in [6.45, 7) is 1.99. The first-order valence-corrected chi connectivity index (χ1v) is 8.74. The molecule has 3 atom stereocenters. The van der Waals surface area contributed by atoms with E-state index in [4.69, 9.17) is 20.3 Å². The molecule has 0 spiro atoms. The largest absolute Gasteiger partial charge is 0.481 e. The van der Waals surface area contributed by atoms with Crippen LogP contribution in [-0.2, 0) is 23.9 Å². The molecule has 25 heavy (non-hydrogen) atoms. The molecule has 0 aliphatic heterocycles. The molecule has 0 aromatic carbocycles. The number of carboxylic acid groups (broad SMARTS) is 1. The van der Waals surface area contributed by atoms with Crippen LogP contribution in [0.3, 0.4) is 0 Å². The minimum atomic E-state index is -1.23. The Hall–Kier alpha value is -1.67. The second kappa shape index (κ2) is 8.14. The van der Waals surface area contributed by atoms with Gasteiger partial charge in [0.15, 0.2) is 6.04 Å². The predicted molar refractivity (Wildman–Crippen MR) is 88.6 cm³/mol. The molecule has 8 heteroatoms. The highest BCUT2D eigenvalue weighted by Gasteiger charge is 2.48. The summed E-state index contributed by atoms with van der Waals surface area (Å²) in [7, 11) is 1.22. The van der Waals surface area contributed by atoms with E-state index in [-0.39, 0.29) is 18.1 Å². The molecular formula is C17H28N2O6. The second-order valence-electron chi connectivity index (χ2n) is 7.27. The summed E-state index contributed by atoms with van der Waals surface area (Å²) in [5.41, 5.74) is 5.70. The zero-order chi connectivity index (χ0) is 18.6. The van der Waals surface area contributed by atoms with Gasteiger partial charge in [-0.25, -0.2) is 4.79 Å². The molecule has 2 saturated carbocycles. The first-order chi connectivity index (χ1) is 11.8. The maximum atomic E-state index is 12.0. The van der Waals surface area contributed by atoms with Crippen LogP contribution in [0.1, 0.15) is 45.4 Å². The lowest BCUT2D eigenvalue weighted by molar-refractivity contribution is -0.149. The Morgan fingerprint density at radius 3 is 2.44 bits per heavy atom. The number of amides is 1. The van der Waals surface area contributed by atoms with Crippen LogP contribution >= 0.6 is 0 Å². The minimum Gasteiger partial charge on any atom is -0.481 e. The Kier molecular flexibility index (Phi) is 6.40. The molecule has 2 aliphatic rings. The lowest BCUT2D eigenvalue weighted by Gasteiger charge is -2.34. The van der Waals surface area contributed by atoms with Crippen LogP contribution < -0.4 is 11.1 Å². The molecule has 8 nitrogen and oxygen atoms in total. The fraction of sp³-hybridized carbons (Fsp3) is 0.824. The zero-order valence-electron chi connectivity index (χ0n) is 14.8. The van der Waals surface area contributed by atoms with Gasteiger partial charge in [-0.1, -0.05) is 0 Å². The molecule has 0 aromatic heterocycles. The fourth-order valence-electron chi connectivity index (χ4n) is 4.10. The van der Waals surface area contributed by atoms with Gasteiger partial charge in [-0.3, -0.25) is 9.59 Å². The van der Waals surface area contributed by atoms with E-state index in [1.165, 1.54) is 20.0 Å². The highest BCUT2D eigenvalue weighted by molar-refractivity contribution is 5.89. The van der Waals surface area contributed by atoms with E-state index in [9.17, 15) is 14.4 Å². The minimum absolute atomic E-state index is 0.0169. The monoisotopic (exact) mass is 356 g/mol. The van der Waals surface area contributed by atoms with Gasteiger partial charge in [0.05, 0.1) is 32.3 Å². The average Bonchev–Trinajstić information content (AvgIpc) is 3.19. The molecule has 2 rings (SSSR count). The van der Waals surface area contributed by atoms with Gasteiger partial charge >= 0.3 is 11.9 Å². The second-order valence-corrected chi connectivity index (χ2v) is 7.27. The number of carbonyl (C=O) groups is 3. The van der Waals surface area contributed by atoms with Crippen LogP contribution in [0.4, 0.5) is 0 Å². The number of rotatable bonds is 9. The van der Waals surface area contributed by atoms with Crippen molar-refractivity contribution < 1.29 is 29.0 Å². The number of hydrogen-bond donors (Lipinski definition) is 3. The lowest BCUT2D eigenvalue weighted by Crippen LogP contribution is -2.52. The van der Waals surface area contributed by atoms with Crippen molar-refractivity contribution in [1.29, 1.82) is 0 Å². The van der Waals surface area contributed by atoms with Gasteiger partial charge in [0.1, 0.15) is 0 Å². The Labute approximate surface area is 147 Å². The number of nitrogens with one attached hydrogen (secondary N) is 1. The van der Waals surface area contributed by atoms with Crippen molar-refractivity contribution >= 4 is 17.8 Å². The van der Waals surface area contributed by atoms with Gasteiger partial charge in [-0.2, -0.15) is 0 Å².